The molecule has 0 saturated heterocycles. The van der Waals surface area contributed by atoms with E-state index in [2.05, 4.69) is 25.6 Å². The lowest BCUT2D eigenvalue weighted by Gasteiger charge is -2.23. The molecule has 1 unspecified atom stereocenters. The number of ether oxygens (including phenoxy) is 2. The number of allylic oxidation sites excluding steroid dienone is 1. The number of nitrogens with one attached hydrogen (secondary N) is 1. The van der Waals surface area contributed by atoms with Crippen molar-refractivity contribution < 1.29 is 14.6 Å². The Labute approximate surface area is 139 Å². The summed E-state index contributed by atoms with van der Waals surface area (Å²) in [5.74, 6) is 1.57. The van der Waals surface area contributed by atoms with Crippen molar-refractivity contribution in [2.45, 2.75) is 18.9 Å². The van der Waals surface area contributed by atoms with E-state index in [0.717, 1.165) is 17.6 Å². The number of methoxy groups -OCH3 is 1. The number of tetrazole rings is 1. The zero-order valence-corrected chi connectivity index (χ0v) is 13.6. The topological polar surface area (TPSA) is 106 Å². The molecule has 24 heavy (non-hydrogen) atoms. The van der Waals surface area contributed by atoms with Crippen molar-refractivity contribution in [1.29, 1.82) is 0 Å². The van der Waals surface area contributed by atoms with Gasteiger partial charge in [0, 0.05) is 6.21 Å². The monoisotopic (exact) mass is 329 g/mol. The zero-order chi connectivity index (χ0) is 17.0. The fourth-order valence-electron chi connectivity index (χ4n) is 2.45. The minimum absolute atomic E-state index is 0.155. The standard InChI is InChI=1S/C16H19N5O3/c1-3-6-24-14-7-11(4-5-13(14)23-2)12-8-16(22,10-17-9-12)15-18-20-21-19-15/h4-5,7-9,22H,3,6,10H2,1-2H3,(H,18,19,20,21). The second kappa shape index (κ2) is 6.79. The van der Waals surface area contributed by atoms with Gasteiger partial charge in [-0.15, -0.1) is 5.10 Å². The number of rotatable bonds is 6. The molecule has 2 heterocycles. The molecule has 0 saturated carbocycles. The van der Waals surface area contributed by atoms with Crippen molar-refractivity contribution >= 4 is 11.8 Å². The maximum absolute atomic E-state index is 10.8. The third-order valence-electron chi connectivity index (χ3n) is 3.67. The maximum atomic E-state index is 10.8. The summed E-state index contributed by atoms with van der Waals surface area (Å²) in [4.78, 5) is 4.25. The van der Waals surface area contributed by atoms with Gasteiger partial charge in [-0.2, -0.15) is 0 Å². The van der Waals surface area contributed by atoms with Crippen LogP contribution in [0.3, 0.4) is 0 Å². The van der Waals surface area contributed by atoms with Crippen LogP contribution in [-0.2, 0) is 5.60 Å². The van der Waals surface area contributed by atoms with Crippen LogP contribution in [-0.4, -0.2) is 52.2 Å². The van der Waals surface area contributed by atoms with E-state index in [4.69, 9.17) is 9.47 Å². The molecule has 126 valence electrons. The van der Waals surface area contributed by atoms with Gasteiger partial charge in [-0.05, 0) is 46.2 Å². The molecule has 0 fully saturated rings. The summed E-state index contributed by atoms with van der Waals surface area (Å²) in [7, 11) is 1.60. The predicted molar refractivity (Wildman–Crippen MR) is 88.2 cm³/mol. The van der Waals surface area contributed by atoms with Crippen LogP contribution in [0.5, 0.6) is 11.5 Å². The highest BCUT2D eigenvalue weighted by Gasteiger charge is 2.33. The van der Waals surface area contributed by atoms with Gasteiger partial charge >= 0.3 is 0 Å². The van der Waals surface area contributed by atoms with Crippen LogP contribution in [0.4, 0.5) is 0 Å². The highest BCUT2D eigenvalue weighted by molar-refractivity contribution is 6.11. The largest absolute Gasteiger partial charge is 0.493 e. The second-order valence-electron chi connectivity index (χ2n) is 5.46. The minimum Gasteiger partial charge on any atom is -0.493 e. The first kappa shape index (κ1) is 16.1. The number of aliphatic hydroxyl groups is 1. The second-order valence-corrected chi connectivity index (χ2v) is 5.46. The van der Waals surface area contributed by atoms with Crippen LogP contribution in [0.1, 0.15) is 24.7 Å². The number of aliphatic imine (C=N–C) groups is 1. The maximum Gasteiger partial charge on any atom is 0.186 e. The number of hydrogen-bond acceptors (Lipinski definition) is 7. The van der Waals surface area contributed by atoms with Crippen LogP contribution < -0.4 is 9.47 Å². The molecule has 1 aromatic heterocycles. The molecular formula is C16H19N5O3. The van der Waals surface area contributed by atoms with Crippen LogP contribution in [0.15, 0.2) is 29.3 Å². The Morgan fingerprint density at radius 3 is 2.92 bits per heavy atom. The molecular weight excluding hydrogens is 310 g/mol. The number of aromatic amines is 1. The quantitative estimate of drug-likeness (QED) is 0.829. The lowest BCUT2D eigenvalue weighted by molar-refractivity contribution is 0.0895. The number of aromatic nitrogens is 4. The van der Waals surface area contributed by atoms with E-state index in [9.17, 15) is 5.11 Å². The van der Waals surface area contributed by atoms with E-state index in [1.165, 1.54) is 0 Å². The lowest BCUT2D eigenvalue weighted by atomic mass is 9.94. The molecule has 2 N–H and O–H groups in total. The Kier molecular flexibility index (Phi) is 4.57. The SMILES string of the molecule is CCCOc1cc(C2=CC(O)(c3nnn[nH]3)CN=C2)ccc1OC. The van der Waals surface area contributed by atoms with Crippen LogP contribution in [0.25, 0.3) is 5.57 Å². The molecule has 2 aromatic rings. The number of nitrogens with zero attached hydrogens (tertiary/aromatic N) is 4. The molecule has 8 nitrogen and oxygen atoms in total. The van der Waals surface area contributed by atoms with Gasteiger partial charge in [-0.3, -0.25) is 4.99 Å². The van der Waals surface area contributed by atoms with E-state index in [-0.39, 0.29) is 12.4 Å². The van der Waals surface area contributed by atoms with E-state index in [1.54, 1.807) is 19.4 Å². The van der Waals surface area contributed by atoms with Crippen LogP contribution in [0.2, 0.25) is 0 Å². The molecule has 0 amide bonds. The molecule has 1 aromatic carbocycles. The molecule has 1 aliphatic heterocycles. The molecule has 1 aliphatic rings. The average molecular weight is 329 g/mol. The van der Waals surface area contributed by atoms with Gasteiger partial charge in [0.25, 0.3) is 0 Å². The molecule has 0 radical (unpaired) electrons. The molecule has 1 atom stereocenters. The lowest BCUT2D eigenvalue weighted by Crippen LogP contribution is -2.31. The molecule has 8 heteroatoms. The highest BCUT2D eigenvalue weighted by atomic mass is 16.5. The number of dihydropyridines is 1. The van der Waals surface area contributed by atoms with Gasteiger partial charge < -0.3 is 14.6 Å². The van der Waals surface area contributed by atoms with E-state index in [0.29, 0.717) is 18.1 Å². The molecule has 0 spiro atoms. The molecule has 3 rings (SSSR count). The Morgan fingerprint density at radius 2 is 2.21 bits per heavy atom. The number of hydrogen-bond donors (Lipinski definition) is 2. The van der Waals surface area contributed by atoms with Gasteiger partial charge in [0.1, 0.15) is 0 Å². The van der Waals surface area contributed by atoms with E-state index >= 15 is 0 Å². The van der Waals surface area contributed by atoms with Crippen molar-refractivity contribution in [3.63, 3.8) is 0 Å². The third kappa shape index (κ3) is 3.13. The number of H-pyrrole nitrogens is 1. The van der Waals surface area contributed by atoms with Crippen molar-refractivity contribution in [3.05, 3.63) is 35.7 Å². The van der Waals surface area contributed by atoms with Gasteiger partial charge in [0.15, 0.2) is 22.9 Å². The van der Waals surface area contributed by atoms with Crippen LogP contribution >= 0.6 is 0 Å². The fraction of sp³-hybridized carbons (Fsp3) is 0.375. The first-order valence-corrected chi connectivity index (χ1v) is 7.67. The average Bonchev–Trinajstić information content (AvgIpc) is 3.15. The highest BCUT2D eigenvalue weighted by Crippen LogP contribution is 2.33. The minimum atomic E-state index is -1.36. The smallest absolute Gasteiger partial charge is 0.186 e. The summed E-state index contributed by atoms with van der Waals surface area (Å²) >= 11 is 0. The first-order valence-electron chi connectivity index (χ1n) is 7.67. The van der Waals surface area contributed by atoms with Crippen molar-refractivity contribution in [3.8, 4) is 11.5 Å². The summed E-state index contributed by atoms with van der Waals surface area (Å²) < 4.78 is 11.1. The van der Waals surface area contributed by atoms with Gasteiger partial charge in [0.2, 0.25) is 0 Å². The van der Waals surface area contributed by atoms with Crippen molar-refractivity contribution in [2.75, 3.05) is 20.3 Å². The van der Waals surface area contributed by atoms with E-state index in [1.807, 2.05) is 25.1 Å². The number of benzene rings is 1. The fourth-order valence-corrected chi connectivity index (χ4v) is 2.45. The Bertz CT molecular complexity index is 757. The molecule has 0 aliphatic carbocycles. The Hall–Kier alpha value is -2.74. The van der Waals surface area contributed by atoms with Gasteiger partial charge in [-0.1, -0.05) is 13.0 Å². The normalized spacial score (nSPS) is 19.9. The van der Waals surface area contributed by atoms with Crippen molar-refractivity contribution in [1.82, 2.24) is 20.6 Å². The van der Waals surface area contributed by atoms with Crippen LogP contribution in [0, 0.1) is 0 Å². The van der Waals surface area contributed by atoms with E-state index < -0.39 is 5.60 Å². The zero-order valence-electron chi connectivity index (χ0n) is 13.6. The van der Waals surface area contributed by atoms with Gasteiger partial charge in [0.05, 0.1) is 20.3 Å². The Morgan fingerprint density at radius 1 is 1.33 bits per heavy atom. The summed E-state index contributed by atoms with van der Waals surface area (Å²) in [6.07, 6.45) is 4.30. The first-order chi connectivity index (χ1) is 11.7. The summed E-state index contributed by atoms with van der Waals surface area (Å²) in [5, 5.41) is 24.2. The summed E-state index contributed by atoms with van der Waals surface area (Å²) in [5.41, 5.74) is 0.248. The summed E-state index contributed by atoms with van der Waals surface area (Å²) in [6.45, 7) is 2.79. The summed E-state index contributed by atoms with van der Waals surface area (Å²) in [6, 6.07) is 5.59. The van der Waals surface area contributed by atoms with Gasteiger partial charge in [-0.25, -0.2) is 5.10 Å². The molecule has 0 bridgehead atoms. The predicted octanol–water partition coefficient (Wildman–Crippen LogP) is 1.35. The van der Waals surface area contributed by atoms with Crippen molar-refractivity contribution in [2.24, 2.45) is 4.99 Å². The third-order valence-corrected chi connectivity index (χ3v) is 3.67. The Balaban J connectivity index is 1.95.